The summed E-state index contributed by atoms with van der Waals surface area (Å²) in [6.07, 6.45) is 2.14. The lowest BCUT2D eigenvalue weighted by Crippen LogP contribution is -2.00. The summed E-state index contributed by atoms with van der Waals surface area (Å²) in [5.74, 6) is 0.547. The largest absolute Gasteiger partial charge is 0.301 e. The van der Waals surface area contributed by atoms with E-state index >= 15 is 0 Å². The van der Waals surface area contributed by atoms with Crippen molar-refractivity contribution in [1.82, 2.24) is 4.98 Å². The summed E-state index contributed by atoms with van der Waals surface area (Å²) in [6, 6.07) is 7.46. The second-order valence-corrected chi connectivity index (χ2v) is 5.98. The second kappa shape index (κ2) is 6.21. The van der Waals surface area contributed by atoms with Crippen LogP contribution >= 0.6 is 23.4 Å². The van der Waals surface area contributed by atoms with E-state index in [1.165, 1.54) is 18.0 Å². The Balaban J connectivity index is 2.52. The molecular formula is C13H13ClN2O2S. The summed E-state index contributed by atoms with van der Waals surface area (Å²) in [4.78, 5) is 15.6. The van der Waals surface area contributed by atoms with Crippen molar-refractivity contribution >= 4 is 40.0 Å². The monoisotopic (exact) mass is 296 g/mol. The average Bonchev–Trinajstić information content (AvgIpc) is 2.39. The van der Waals surface area contributed by atoms with Crippen molar-refractivity contribution in [2.45, 2.75) is 23.5 Å². The highest BCUT2D eigenvalue weighted by molar-refractivity contribution is 8.00. The quantitative estimate of drug-likeness (QED) is 0.358. The van der Waals surface area contributed by atoms with Gasteiger partial charge in [-0.1, -0.05) is 25.1 Å². The molecular weight excluding hydrogens is 284 g/mol. The summed E-state index contributed by atoms with van der Waals surface area (Å²) in [5.41, 5.74) is 0.832. The molecule has 1 aromatic heterocycles. The molecule has 0 saturated carbocycles. The first-order valence-electron chi connectivity index (χ1n) is 5.88. The highest BCUT2D eigenvalue weighted by Crippen LogP contribution is 2.38. The fraction of sp³-hybridized carbons (Fsp3) is 0.308. The van der Waals surface area contributed by atoms with Gasteiger partial charge in [0.05, 0.1) is 15.3 Å². The third kappa shape index (κ3) is 3.16. The third-order valence-corrected chi connectivity index (χ3v) is 4.26. The number of aromatic nitrogens is 1. The van der Waals surface area contributed by atoms with Gasteiger partial charge in [0.1, 0.15) is 6.20 Å². The minimum Gasteiger partial charge on any atom is -0.258 e. The number of hydrogen-bond acceptors (Lipinski definition) is 4. The number of hydrogen-bond donors (Lipinski definition) is 0. The van der Waals surface area contributed by atoms with Gasteiger partial charge in [0.15, 0.2) is 0 Å². The van der Waals surface area contributed by atoms with Crippen LogP contribution in [0, 0.1) is 10.1 Å². The van der Waals surface area contributed by atoms with E-state index in [2.05, 4.69) is 4.98 Å². The average molecular weight is 297 g/mol. The van der Waals surface area contributed by atoms with E-state index in [4.69, 9.17) is 11.6 Å². The Morgan fingerprint density at radius 3 is 2.89 bits per heavy atom. The molecule has 4 nitrogen and oxygen atoms in total. The molecule has 0 aliphatic rings. The summed E-state index contributed by atoms with van der Waals surface area (Å²) in [7, 11) is 0. The molecule has 2 aromatic rings. The zero-order valence-electron chi connectivity index (χ0n) is 10.4. The lowest BCUT2D eigenvalue weighted by Gasteiger charge is -2.11. The van der Waals surface area contributed by atoms with E-state index in [0.717, 1.165) is 17.3 Å². The van der Waals surface area contributed by atoms with Gasteiger partial charge in [-0.2, -0.15) is 0 Å². The standard InChI is InChI=1S/C13H13ClN2O2S/c1-9(6-7-14)19-13-10-4-2-3-5-11(10)15-8-12(13)16(17)18/h2-5,8-9H,6-7H2,1H3. The molecule has 0 fully saturated rings. The Morgan fingerprint density at radius 2 is 2.21 bits per heavy atom. The SMILES string of the molecule is CC(CCCl)Sc1c([N+](=O)[O-])cnc2ccccc12. The maximum atomic E-state index is 11.1. The Bertz CT molecular complexity index is 606. The molecule has 0 spiro atoms. The van der Waals surface area contributed by atoms with Crippen molar-refractivity contribution in [3.05, 3.63) is 40.6 Å². The smallest absolute Gasteiger partial charge is 0.258 e. The van der Waals surface area contributed by atoms with Crippen molar-refractivity contribution in [3.8, 4) is 0 Å². The van der Waals surface area contributed by atoms with Gasteiger partial charge in [-0.15, -0.1) is 23.4 Å². The lowest BCUT2D eigenvalue weighted by molar-refractivity contribution is -0.387. The molecule has 2 rings (SSSR count). The van der Waals surface area contributed by atoms with Gasteiger partial charge in [0.25, 0.3) is 0 Å². The molecule has 0 saturated heterocycles. The molecule has 1 heterocycles. The molecule has 0 bridgehead atoms. The van der Waals surface area contributed by atoms with Crippen molar-refractivity contribution < 1.29 is 4.92 Å². The maximum absolute atomic E-state index is 11.1. The van der Waals surface area contributed by atoms with Gasteiger partial charge in [-0.25, -0.2) is 4.98 Å². The van der Waals surface area contributed by atoms with Crippen LogP contribution in [0.2, 0.25) is 0 Å². The number of para-hydroxylation sites is 1. The molecule has 1 unspecified atom stereocenters. The van der Waals surface area contributed by atoms with E-state index < -0.39 is 0 Å². The topological polar surface area (TPSA) is 56.0 Å². The molecule has 6 heteroatoms. The number of alkyl halides is 1. The minimum absolute atomic E-state index is 0.0603. The Labute approximate surface area is 120 Å². The first kappa shape index (κ1) is 14.1. The molecule has 0 radical (unpaired) electrons. The summed E-state index contributed by atoms with van der Waals surface area (Å²) in [5, 5.41) is 12.2. The Morgan fingerprint density at radius 1 is 1.47 bits per heavy atom. The van der Waals surface area contributed by atoms with E-state index in [1.807, 2.05) is 31.2 Å². The Hall–Kier alpha value is -1.33. The fourth-order valence-corrected chi connectivity index (χ4v) is 3.42. The number of fused-ring (bicyclic) bond motifs is 1. The zero-order chi connectivity index (χ0) is 13.8. The van der Waals surface area contributed by atoms with Crippen LogP contribution in [0.5, 0.6) is 0 Å². The van der Waals surface area contributed by atoms with Crippen LogP contribution in [0.3, 0.4) is 0 Å². The molecule has 19 heavy (non-hydrogen) atoms. The van der Waals surface area contributed by atoms with Crippen LogP contribution in [0.1, 0.15) is 13.3 Å². The van der Waals surface area contributed by atoms with Gasteiger partial charge in [0.2, 0.25) is 0 Å². The minimum atomic E-state index is -0.380. The van der Waals surface area contributed by atoms with Gasteiger partial charge in [-0.3, -0.25) is 10.1 Å². The fourth-order valence-electron chi connectivity index (χ4n) is 1.77. The molecule has 1 atom stereocenters. The number of rotatable bonds is 5. The number of thioether (sulfide) groups is 1. The number of pyridine rings is 1. The zero-order valence-corrected chi connectivity index (χ0v) is 11.9. The molecule has 0 amide bonds. The van der Waals surface area contributed by atoms with E-state index in [0.29, 0.717) is 10.8 Å². The van der Waals surface area contributed by atoms with Gasteiger partial charge >= 0.3 is 5.69 Å². The van der Waals surface area contributed by atoms with Crippen molar-refractivity contribution in [3.63, 3.8) is 0 Å². The summed E-state index contributed by atoms with van der Waals surface area (Å²) in [6.45, 7) is 2.02. The van der Waals surface area contributed by atoms with Crippen LogP contribution in [-0.4, -0.2) is 21.0 Å². The lowest BCUT2D eigenvalue weighted by atomic mass is 10.2. The van der Waals surface area contributed by atoms with Crippen molar-refractivity contribution in [2.24, 2.45) is 0 Å². The second-order valence-electron chi connectivity index (χ2n) is 4.15. The van der Waals surface area contributed by atoms with Crippen LogP contribution in [0.15, 0.2) is 35.4 Å². The number of benzene rings is 1. The first-order chi connectivity index (χ1) is 9.13. The first-order valence-corrected chi connectivity index (χ1v) is 7.29. The maximum Gasteiger partial charge on any atom is 0.301 e. The normalized spacial score (nSPS) is 12.5. The van der Waals surface area contributed by atoms with Gasteiger partial charge in [-0.05, 0) is 12.5 Å². The third-order valence-electron chi connectivity index (χ3n) is 2.74. The predicted octanol–water partition coefficient (Wildman–Crippen LogP) is 4.25. The van der Waals surface area contributed by atoms with Crippen LogP contribution < -0.4 is 0 Å². The van der Waals surface area contributed by atoms with Crippen LogP contribution in [-0.2, 0) is 0 Å². The highest BCUT2D eigenvalue weighted by Gasteiger charge is 2.20. The number of nitro groups is 1. The molecule has 0 aliphatic carbocycles. The summed E-state index contributed by atoms with van der Waals surface area (Å²) < 4.78 is 0. The van der Waals surface area contributed by atoms with Crippen molar-refractivity contribution in [2.75, 3.05) is 5.88 Å². The number of halogens is 1. The molecule has 1 aromatic carbocycles. The van der Waals surface area contributed by atoms with E-state index in [1.54, 1.807) is 0 Å². The summed E-state index contributed by atoms with van der Waals surface area (Å²) >= 11 is 7.21. The van der Waals surface area contributed by atoms with E-state index in [-0.39, 0.29) is 15.9 Å². The van der Waals surface area contributed by atoms with Gasteiger partial charge < -0.3 is 0 Å². The van der Waals surface area contributed by atoms with Crippen LogP contribution in [0.4, 0.5) is 5.69 Å². The highest BCUT2D eigenvalue weighted by atomic mass is 35.5. The van der Waals surface area contributed by atoms with E-state index in [9.17, 15) is 10.1 Å². The molecule has 0 aliphatic heterocycles. The van der Waals surface area contributed by atoms with Crippen molar-refractivity contribution in [1.29, 1.82) is 0 Å². The van der Waals surface area contributed by atoms with Crippen LogP contribution in [0.25, 0.3) is 10.9 Å². The Kier molecular flexibility index (Phi) is 4.61. The molecule has 100 valence electrons. The predicted molar refractivity (Wildman–Crippen MR) is 79.1 cm³/mol. The number of nitrogens with zero attached hydrogens (tertiary/aromatic N) is 2. The molecule has 0 N–H and O–H groups in total. The van der Waals surface area contributed by atoms with Gasteiger partial charge in [0, 0.05) is 16.5 Å².